The van der Waals surface area contributed by atoms with Crippen LogP contribution in [0.25, 0.3) is 6.08 Å². The number of fused-ring (bicyclic) bond motifs is 1. The first-order valence-corrected chi connectivity index (χ1v) is 7.34. The van der Waals surface area contributed by atoms with Crippen LogP contribution in [0.4, 0.5) is 0 Å². The summed E-state index contributed by atoms with van der Waals surface area (Å²) in [4.78, 5) is 1.37. The predicted molar refractivity (Wildman–Crippen MR) is 61.4 cm³/mol. The van der Waals surface area contributed by atoms with Crippen molar-refractivity contribution in [2.24, 2.45) is 0 Å². The summed E-state index contributed by atoms with van der Waals surface area (Å²) < 4.78 is 26.4. The molecule has 2 rings (SSSR count). The van der Waals surface area contributed by atoms with E-state index in [1.165, 1.54) is 10.4 Å². The van der Waals surface area contributed by atoms with Crippen LogP contribution >= 0.6 is 11.3 Å². The van der Waals surface area contributed by atoms with Crippen molar-refractivity contribution in [1.29, 1.82) is 0 Å². The van der Waals surface area contributed by atoms with Gasteiger partial charge in [0.1, 0.15) is 0 Å². The van der Waals surface area contributed by atoms with Crippen molar-refractivity contribution in [2.45, 2.75) is 12.8 Å². The Morgan fingerprint density at radius 2 is 2.27 bits per heavy atom. The molecule has 1 aliphatic rings. The molecule has 15 heavy (non-hydrogen) atoms. The molecule has 0 aromatic carbocycles. The third kappa shape index (κ3) is 2.90. The van der Waals surface area contributed by atoms with E-state index in [0.717, 1.165) is 24.7 Å². The summed E-state index contributed by atoms with van der Waals surface area (Å²) in [5, 5.41) is 2.06. The minimum Gasteiger partial charge on any atom is -0.266 e. The first-order valence-electron chi connectivity index (χ1n) is 4.65. The third-order valence-electron chi connectivity index (χ3n) is 2.27. The van der Waals surface area contributed by atoms with Gasteiger partial charge in [-0.25, -0.2) is 0 Å². The Labute approximate surface area is 93.5 Å². The van der Waals surface area contributed by atoms with Gasteiger partial charge >= 0.3 is 0 Å². The van der Waals surface area contributed by atoms with Gasteiger partial charge in [0.05, 0.1) is 12.9 Å². The molecule has 0 saturated carbocycles. The van der Waals surface area contributed by atoms with Crippen molar-refractivity contribution in [3.05, 3.63) is 27.5 Å². The molecule has 0 aliphatic heterocycles. The molecule has 0 amide bonds. The minimum absolute atomic E-state index is 0.189. The monoisotopic (exact) mass is 244 g/mol. The molecule has 1 aliphatic carbocycles. The highest BCUT2D eigenvalue weighted by Gasteiger charge is 2.12. The Balaban J connectivity index is 2.08. The van der Waals surface area contributed by atoms with Gasteiger partial charge in [-0.1, -0.05) is 6.08 Å². The molecule has 0 bridgehead atoms. The number of hydrogen-bond donors (Lipinski definition) is 0. The van der Waals surface area contributed by atoms with E-state index < -0.39 is 10.1 Å². The van der Waals surface area contributed by atoms with Crippen LogP contribution in [0.15, 0.2) is 17.0 Å². The summed E-state index contributed by atoms with van der Waals surface area (Å²) in [6, 6.07) is 2.06. The van der Waals surface area contributed by atoms with Crippen LogP contribution in [0.2, 0.25) is 0 Å². The number of thiophene rings is 1. The van der Waals surface area contributed by atoms with Gasteiger partial charge in [-0.3, -0.25) is 4.18 Å². The van der Waals surface area contributed by atoms with E-state index in [1.54, 1.807) is 11.3 Å². The molecule has 1 aromatic rings. The Bertz CT molecular complexity index is 483. The van der Waals surface area contributed by atoms with E-state index in [-0.39, 0.29) is 6.61 Å². The molecule has 3 nitrogen and oxygen atoms in total. The van der Waals surface area contributed by atoms with Gasteiger partial charge in [0, 0.05) is 4.88 Å². The molecule has 0 atom stereocenters. The SMILES string of the molecule is CS(=O)(=O)OCC1=Cc2ccsc2CC1. The van der Waals surface area contributed by atoms with Crippen molar-refractivity contribution < 1.29 is 12.6 Å². The maximum Gasteiger partial charge on any atom is 0.264 e. The molecular formula is C10H12O3S2. The van der Waals surface area contributed by atoms with Crippen LogP contribution < -0.4 is 0 Å². The van der Waals surface area contributed by atoms with E-state index in [2.05, 4.69) is 11.4 Å². The van der Waals surface area contributed by atoms with Gasteiger partial charge in [0.15, 0.2) is 0 Å². The Kier molecular flexibility index (Phi) is 2.95. The molecule has 5 heteroatoms. The molecule has 1 heterocycles. The highest BCUT2D eigenvalue weighted by molar-refractivity contribution is 7.86. The van der Waals surface area contributed by atoms with Gasteiger partial charge in [-0.2, -0.15) is 8.42 Å². The van der Waals surface area contributed by atoms with Crippen LogP contribution in [-0.2, 0) is 20.7 Å². The third-order valence-corrected chi connectivity index (χ3v) is 3.81. The largest absolute Gasteiger partial charge is 0.266 e. The minimum atomic E-state index is -3.33. The number of rotatable bonds is 3. The Morgan fingerprint density at radius 1 is 1.47 bits per heavy atom. The summed E-state index contributed by atoms with van der Waals surface area (Å²) in [5.41, 5.74) is 2.25. The zero-order chi connectivity index (χ0) is 10.9. The first-order chi connectivity index (χ1) is 7.04. The topological polar surface area (TPSA) is 43.4 Å². The quantitative estimate of drug-likeness (QED) is 0.764. The van der Waals surface area contributed by atoms with Crippen molar-refractivity contribution in [3.63, 3.8) is 0 Å². The van der Waals surface area contributed by atoms with Crippen LogP contribution in [0, 0.1) is 0 Å². The van der Waals surface area contributed by atoms with Gasteiger partial charge in [0.2, 0.25) is 0 Å². The summed E-state index contributed by atoms with van der Waals surface area (Å²) in [6.45, 7) is 0.189. The van der Waals surface area contributed by atoms with Crippen molar-refractivity contribution >= 4 is 27.5 Å². The van der Waals surface area contributed by atoms with Crippen LogP contribution in [0.5, 0.6) is 0 Å². The second kappa shape index (κ2) is 4.08. The average Bonchev–Trinajstić information content (AvgIpc) is 2.60. The maximum atomic E-state index is 10.8. The Morgan fingerprint density at radius 3 is 3.00 bits per heavy atom. The second-order valence-corrected chi connectivity index (χ2v) is 6.21. The van der Waals surface area contributed by atoms with E-state index in [1.807, 2.05) is 6.08 Å². The lowest BCUT2D eigenvalue weighted by molar-refractivity contribution is 0.349. The van der Waals surface area contributed by atoms with E-state index in [0.29, 0.717) is 0 Å². The molecule has 0 unspecified atom stereocenters. The Hall–Kier alpha value is -0.650. The van der Waals surface area contributed by atoms with Crippen LogP contribution in [-0.4, -0.2) is 21.3 Å². The fourth-order valence-electron chi connectivity index (χ4n) is 1.55. The highest BCUT2D eigenvalue weighted by Crippen LogP contribution is 2.28. The van der Waals surface area contributed by atoms with Crippen molar-refractivity contribution in [3.8, 4) is 0 Å². The summed E-state index contributed by atoms with van der Waals surface area (Å²) in [7, 11) is -3.33. The summed E-state index contributed by atoms with van der Waals surface area (Å²) >= 11 is 1.75. The van der Waals surface area contributed by atoms with Gasteiger partial charge < -0.3 is 0 Å². The lowest BCUT2D eigenvalue weighted by Crippen LogP contribution is -2.08. The molecule has 0 spiro atoms. The van der Waals surface area contributed by atoms with E-state index >= 15 is 0 Å². The van der Waals surface area contributed by atoms with Gasteiger partial charge in [-0.15, -0.1) is 11.3 Å². The number of hydrogen-bond acceptors (Lipinski definition) is 4. The smallest absolute Gasteiger partial charge is 0.264 e. The molecule has 1 aromatic heterocycles. The average molecular weight is 244 g/mol. The van der Waals surface area contributed by atoms with Crippen LogP contribution in [0.3, 0.4) is 0 Å². The van der Waals surface area contributed by atoms with Gasteiger partial charge in [-0.05, 0) is 35.4 Å². The maximum absolute atomic E-state index is 10.8. The highest BCUT2D eigenvalue weighted by atomic mass is 32.2. The van der Waals surface area contributed by atoms with Crippen molar-refractivity contribution in [1.82, 2.24) is 0 Å². The molecule has 0 radical (unpaired) electrons. The summed E-state index contributed by atoms with van der Waals surface area (Å²) in [6.07, 6.45) is 4.99. The van der Waals surface area contributed by atoms with Gasteiger partial charge in [0.25, 0.3) is 10.1 Å². The lowest BCUT2D eigenvalue weighted by atomic mass is 10.00. The predicted octanol–water partition coefficient (Wildman–Crippen LogP) is 2.05. The fraction of sp³-hybridized carbons (Fsp3) is 0.400. The normalized spacial score (nSPS) is 15.9. The lowest BCUT2D eigenvalue weighted by Gasteiger charge is -2.12. The van der Waals surface area contributed by atoms with E-state index in [4.69, 9.17) is 4.18 Å². The van der Waals surface area contributed by atoms with Crippen LogP contribution in [0.1, 0.15) is 16.9 Å². The molecule has 0 N–H and O–H groups in total. The zero-order valence-electron chi connectivity index (χ0n) is 8.39. The summed E-state index contributed by atoms with van der Waals surface area (Å²) in [5.74, 6) is 0. The van der Waals surface area contributed by atoms with Crippen molar-refractivity contribution in [2.75, 3.05) is 12.9 Å². The standard InChI is InChI=1S/C10H12O3S2/c1-15(11,12)13-7-8-2-3-10-9(6-8)4-5-14-10/h4-6H,2-3,7H2,1H3. The number of aryl methyl sites for hydroxylation is 1. The molecule has 0 fully saturated rings. The molecule has 0 saturated heterocycles. The second-order valence-electron chi connectivity index (χ2n) is 3.57. The molecule has 82 valence electrons. The van der Waals surface area contributed by atoms with E-state index in [9.17, 15) is 8.42 Å². The first kappa shape index (κ1) is 10.9. The zero-order valence-corrected chi connectivity index (χ0v) is 10.0. The molecular weight excluding hydrogens is 232 g/mol. The fourth-order valence-corrected chi connectivity index (χ4v) is 2.77.